The first kappa shape index (κ1) is 11.6. The minimum absolute atomic E-state index is 0.137. The summed E-state index contributed by atoms with van der Waals surface area (Å²) in [5.74, 6) is -0.303. The van der Waals surface area contributed by atoms with Gasteiger partial charge in [0.1, 0.15) is 0 Å². The van der Waals surface area contributed by atoms with Gasteiger partial charge >= 0.3 is 0 Å². The van der Waals surface area contributed by atoms with Crippen molar-refractivity contribution in [3.63, 3.8) is 0 Å². The van der Waals surface area contributed by atoms with Crippen molar-refractivity contribution in [2.75, 3.05) is 0 Å². The maximum atomic E-state index is 12.0. The Morgan fingerprint density at radius 3 is 2.35 bits per heavy atom. The van der Waals surface area contributed by atoms with Crippen molar-refractivity contribution in [3.8, 4) is 0 Å². The number of H-pyrrole nitrogens is 1. The van der Waals surface area contributed by atoms with E-state index in [0.717, 1.165) is 5.69 Å². The molecule has 0 radical (unpaired) electrons. The number of aromatic amines is 1. The number of benzene rings is 1. The second-order valence-electron chi connectivity index (χ2n) is 3.72. The molecule has 1 heterocycles. The van der Waals surface area contributed by atoms with Crippen LogP contribution < -0.4 is 5.56 Å². The van der Waals surface area contributed by atoms with E-state index in [0.29, 0.717) is 10.6 Å². The molecule has 4 heteroatoms. The SMILES string of the molecule is Cc1ccc(C(=O)c2ccc(Cl)cc2)c(=O)[nH]1. The fraction of sp³-hybridized carbons (Fsp3) is 0.0769. The Morgan fingerprint density at radius 2 is 1.76 bits per heavy atom. The number of carbonyl (C=O) groups excluding carboxylic acids is 1. The third kappa shape index (κ3) is 2.45. The molecule has 0 bridgehead atoms. The molecule has 17 heavy (non-hydrogen) atoms. The minimum atomic E-state index is -0.370. The van der Waals surface area contributed by atoms with Gasteiger partial charge in [0.2, 0.25) is 0 Å². The van der Waals surface area contributed by atoms with Crippen LogP contribution in [0.25, 0.3) is 0 Å². The van der Waals surface area contributed by atoms with Gasteiger partial charge in [-0.05, 0) is 43.3 Å². The molecule has 0 aliphatic carbocycles. The van der Waals surface area contributed by atoms with Gasteiger partial charge in [0, 0.05) is 16.3 Å². The van der Waals surface area contributed by atoms with E-state index in [1.165, 1.54) is 6.07 Å². The summed E-state index contributed by atoms with van der Waals surface area (Å²) in [5.41, 5.74) is 0.939. The minimum Gasteiger partial charge on any atom is -0.326 e. The molecule has 0 unspecified atom stereocenters. The summed E-state index contributed by atoms with van der Waals surface area (Å²) < 4.78 is 0. The third-order valence-electron chi connectivity index (χ3n) is 2.41. The highest BCUT2D eigenvalue weighted by molar-refractivity contribution is 6.30. The highest BCUT2D eigenvalue weighted by Gasteiger charge is 2.12. The summed E-state index contributed by atoms with van der Waals surface area (Å²) in [4.78, 5) is 26.2. The van der Waals surface area contributed by atoms with Crippen LogP contribution in [-0.2, 0) is 0 Å². The topological polar surface area (TPSA) is 49.9 Å². The highest BCUT2D eigenvalue weighted by atomic mass is 35.5. The van der Waals surface area contributed by atoms with Crippen molar-refractivity contribution < 1.29 is 4.79 Å². The second kappa shape index (κ2) is 4.55. The van der Waals surface area contributed by atoms with Gasteiger partial charge < -0.3 is 4.98 Å². The molecule has 2 aromatic rings. The Balaban J connectivity index is 2.44. The molecule has 0 saturated carbocycles. The Hall–Kier alpha value is -1.87. The quantitative estimate of drug-likeness (QED) is 0.830. The van der Waals surface area contributed by atoms with Crippen LogP contribution in [0.1, 0.15) is 21.6 Å². The number of carbonyl (C=O) groups is 1. The highest BCUT2D eigenvalue weighted by Crippen LogP contribution is 2.12. The van der Waals surface area contributed by atoms with Crippen molar-refractivity contribution in [3.05, 3.63) is 68.6 Å². The van der Waals surface area contributed by atoms with Gasteiger partial charge in [-0.2, -0.15) is 0 Å². The number of hydrogen-bond donors (Lipinski definition) is 1. The average molecular weight is 248 g/mol. The maximum Gasteiger partial charge on any atom is 0.259 e. The first-order valence-electron chi connectivity index (χ1n) is 5.08. The smallest absolute Gasteiger partial charge is 0.259 e. The number of hydrogen-bond acceptors (Lipinski definition) is 2. The number of aryl methyl sites for hydroxylation is 1. The van der Waals surface area contributed by atoms with Crippen LogP contribution in [0.4, 0.5) is 0 Å². The van der Waals surface area contributed by atoms with E-state index in [9.17, 15) is 9.59 Å². The maximum absolute atomic E-state index is 12.0. The van der Waals surface area contributed by atoms with Crippen molar-refractivity contribution in [1.29, 1.82) is 0 Å². The Morgan fingerprint density at radius 1 is 1.12 bits per heavy atom. The fourth-order valence-electron chi connectivity index (χ4n) is 1.51. The van der Waals surface area contributed by atoms with Crippen LogP contribution in [-0.4, -0.2) is 10.8 Å². The predicted octanol–water partition coefficient (Wildman–Crippen LogP) is 2.57. The van der Waals surface area contributed by atoms with Gasteiger partial charge in [0.15, 0.2) is 5.78 Å². The zero-order valence-electron chi connectivity index (χ0n) is 9.16. The first-order chi connectivity index (χ1) is 8.08. The molecule has 1 aromatic carbocycles. The molecule has 86 valence electrons. The molecular weight excluding hydrogens is 238 g/mol. The summed E-state index contributed by atoms with van der Waals surface area (Å²) in [6.07, 6.45) is 0. The lowest BCUT2D eigenvalue weighted by atomic mass is 10.0. The summed E-state index contributed by atoms with van der Waals surface area (Å²) in [6, 6.07) is 9.68. The number of rotatable bonds is 2. The first-order valence-corrected chi connectivity index (χ1v) is 5.46. The van der Waals surface area contributed by atoms with Gasteiger partial charge in [0.25, 0.3) is 5.56 Å². The molecule has 0 spiro atoms. The molecule has 1 aromatic heterocycles. The number of pyridine rings is 1. The standard InChI is InChI=1S/C13H10ClNO2/c1-8-2-7-11(13(17)15-8)12(16)9-3-5-10(14)6-4-9/h2-7H,1H3,(H,15,17). The van der Waals surface area contributed by atoms with Gasteiger partial charge in [-0.15, -0.1) is 0 Å². The van der Waals surface area contributed by atoms with Crippen LogP contribution in [0.15, 0.2) is 41.2 Å². The zero-order chi connectivity index (χ0) is 12.4. The molecular formula is C13H10ClNO2. The van der Waals surface area contributed by atoms with E-state index in [-0.39, 0.29) is 16.9 Å². The van der Waals surface area contributed by atoms with Gasteiger partial charge in [-0.3, -0.25) is 9.59 Å². The summed E-state index contributed by atoms with van der Waals surface area (Å²) >= 11 is 5.74. The molecule has 0 saturated heterocycles. The number of nitrogens with one attached hydrogen (secondary N) is 1. The number of halogens is 1. The molecule has 0 atom stereocenters. The van der Waals surface area contributed by atoms with E-state index in [4.69, 9.17) is 11.6 Å². The summed E-state index contributed by atoms with van der Waals surface area (Å²) in [5, 5.41) is 0.555. The summed E-state index contributed by atoms with van der Waals surface area (Å²) in [7, 11) is 0. The normalized spacial score (nSPS) is 10.2. The monoisotopic (exact) mass is 247 g/mol. The second-order valence-corrected chi connectivity index (χ2v) is 4.16. The molecule has 1 N–H and O–H groups in total. The Bertz CT molecular complexity index is 614. The molecule has 0 fully saturated rings. The predicted molar refractivity (Wildman–Crippen MR) is 66.7 cm³/mol. The molecule has 0 aliphatic rings. The van der Waals surface area contributed by atoms with Crippen molar-refractivity contribution >= 4 is 17.4 Å². The number of ketones is 1. The van der Waals surface area contributed by atoms with Crippen molar-refractivity contribution in [2.45, 2.75) is 6.92 Å². The Kier molecular flexibility index (Phi) is 3.11. The molecule has 2 rings (SSSR count). The molecule has 0 aliphatic heterocycles. The van der Waals surface area contributed by atoms with Gasteiger partial charge in [0.05, 0.1) is 5.56 Å². The van der Waals surface area contributed by atoms with Crippen LogP contribution >= 0.6 is 11.6 Å². The summed E-state index contributed by atoms with van der Waals surface area (Å²) in [6.45, 7) is 1.76. The van der Waals surface area contributed by atoms with Crippen LogP contribution in [0.5, 0.6) is 0 Å². The van der Waals surface area contributed by atoms with E-state index >= 15 is 0 Å². The van der Waals surface area contributed by atoms with Crippen LogP contribution in [0.3, 0.4) is 0 Å². The van der Waals surface area contributed by atoms with Crippen LogP contribution in [0.2, 0.25) is 5.02 Å². The third-order valence-corrected chi connectivity index (χ3v) is 2.66. The number of aromatic nitrogens is 1. The van der Waals surface area contributed by atoms with E-state index in [1.807, 2.05) is 0 Å². The van der Waals surface area contributed by atoms with E-state index in [2.05, 4.69) is 4.98 Å². The molecule has 3 nitrogen and oxygen atoms in total. The lowest BCUT2D eigenvalue weighted by molar-refractivity contribution is 0.103. The lowest BCUT2D eigenvalue weighted by Gasteiger charge is -2.01. The fourth-order valence-corrected chi connectivity index (χ4v) is 1.63. The Labute approximate surface area is 103 Å². The van der Waals surface area contributed by atoms with E-state index in [1.54, 1.807) is 37.3 Å². The van der Waals surface area contributed by atoms with Crippen molar-refractivity contribution in [2.24, 2.45) is 0 Å². The van der Waals surface area contributed by atoms with Gasteiger partial charge in [-0.1, -0.05) is 11.6 Å². The average Bonchev–Trinajstić information content (AvgIpc) is 2.29. The molecule has 0 amide bonds. The van der Waals surface area contributed by atoms with Gasteiger partial charge in [-0.25, -0.2) is 0 Å². The van der Waals surface area contributed by atoms with E-state index < -0.39 is 0 Å². The lowest BCUT2D eigenvalue weighted by Crippen LogP contribution is -2.18. The zero-order valence-corrected chi connectivity index (χ0v) is 9.91. The van der Waals surface area contributed by atoms with Crippen LogP contribution in [0, 0.1) is 6.92 Å². The largest absolute Gasteiger partial charge is 0.326 e. The van der Waals surface area contributed by atoms with Crippen molar-refractivity contribution in [1.82, 2.24) is 4.98 Å².